The van der Waals surface area contributed by atoms with E-state index in [1.165, 1.54) is 0 Å². The van der Waals surface area contributed by atoms with Crippen molar-refractivity contribution in [2.24, 2.45) is 0 Å². The molecule has 184 valence electrons. The molecule has 2 heterocycles. The molecule has 1 aliphatic rings. The number of hydrogen-bond donors (Lipinski definition) is 2. The summed E-state index contributed by atoms with van der Waals surface area (Å²) in [5, 5.41) is 21.6. The minimum atomic E-state index is -4.22. The summed E-state index contributed by atoms with van der Waals surface area (Å²) in [5.41, 5.74) is 1.77. The number of aryl methyl sites for hydroxylation is 2. The summed E-state index contributed by atoms with van der Waals surface area (Å²) in [4.78, 5) is 4.75. The van der Waals surface area contributed by atoms with Crippen LogP contribution in [-0.4, -0.2) is 44.8 Å². The van der Waals surface area contributed by atoms with E-state index in [2.05, 4.69) is 15.5 Å². The average Bonchev–Trinajstić information content (AvgIpc) is 3.18. The summed E-state index contributed by atoms with van der Waals surface area (Å²) in [7, 11) is 0. The molecule has 0 aliphatic heterocycles. The van der Waals surface area contributed by atoms with Crippen molar-refractivity contribution in [3.63, 3.8) is 0 Å². The van der Waals surface area contributed by atoms with Gasteiger partial charge in [-0.1, -0.05) is 31.9 Å². The zero-order valence-corrected chi connectivity index (χ0v) is 19.6. The summed E-state index contributed by atoms with van der Waals surface area (Å²) in [6.07, 6.45) is -4.70. The predicted octanol–water partition coefficient (Wildman–Crippen LogP) is 5.66. The molecule has 2 aromatic heterocycles. The van der Waals surface area contributed by atoms with Crippen LogP contribution in [0.15, 0.2) is 22.6 Å². The Morgan fingerprint density at radius 3 is 2.47 bits per heavy atom. The van der Waals surface area contributed by atoms with Gasteiger partial charge in [-0.15, -0.1) is 5.10 Å². The molecule has 3 aromatic rings. The van der Waals surface area contributed by atoms with Crippen LogP contribution in [0.1, 0.15) is 56.7 Å². The quantitative estimate of drug-likeness (QED) is 0.443. The summed E-state index contributed by atoms with van der Waals surface area (Å²) in [5.74, 6) is 0.189. The standard InChI is InChI=1S/C24H28F4N4O2/c1-13-7-18(20-31-32-21(34-20)29-15-10-23(33,11-15)12-25)30-19-16(13)8-14(5-6-24(26,27)28)9-17(19)22(2,3)4/h7-9,15,33H,5-6,10-12H2,1-4H3,(H,29,32)/t15-,23+. The Morgan fingerprint density at radius 2 is 1.85 bits per heavy atom. The molecule has 1 saturated carbocycles. The summed E-state index contributed by atoms with van der Waals surface area (Å²) >= 11 is 0. The molecule has 0 amide bonds. The first-order valence-electron chi connectivity index (χ1n) is 11.2. The molecule has 1 aliphatic carbocycles. The monoisotopic (exact) mass is 480 g/mol. The van der Waals surface area contributed by atoms with Gasteiger partial charge < -0.3 is 14.8 Å². The number of alkyl halides is 4. The smallest absolute Gasteiger partial charge is 0.389 e. The van der Waals surface area contributed by atoms with E-state index in [-0.39, 0.29) is 42.6 Å². The Labute approximate surface area is 194 Å². The number of aliphatic hydroxyl groups is 1. The number of rotatable bonds is 6. The third kappa shape index (κ3) is 5.16. The number of fused-ring (bicyclic) bond motifs is 1. The van der Waals surface area contributed by atoms with E-state index in [1.54, 1.807) is 18.2 Å². The largest absolute Gasteiger partial charge is 0.402 e. The van der Waals surface area contributed by atoms with Gasteiger partial charge in [-0.3, -0.25) is 0 Å². The molecule has 0 atom stereocenters. The molecule has 1 aromatic carbocycles. The fourth-order valence-corrected chi connectivity index (χ4v) is 4.29. The molecule has 34 heavy (non-hydrogen) atoms. The summed E-state index contributed by atoms with van der Waals surface area (Å²) in [6.45, 7) is 7.05. The Hall–Kier alpha value is -2.75. The van der Waals surface area contributed by atoms with Crippen LogP contribution in [0.5, 0.6) is 0 Å². The molecule has 0 unspecified atom stereocenters. The number of hydrogen-bond acceptors (Lipinski definition) is 6. The highest BCUT2D eigenvalue weighted by atomic mass is 19.4. The minimum Gasteiger partial charge on any atom is -0.402 e. The lowest BCUT2D eigenvalue weighted by Gasteiger charge is -2.41. The molecule has 0 spiro atoms. The first-order chi connectivity index (χ1) is 15.8. The lowest BCUT2D eigenvalue weighted by Crippen LogP contribution is -2.52. The van der Waals surface area contributed by atoms with Crippen molar-refractivity contribution in [3.05, 3.63) is 34.9 Å². The topological polar surface area (TPSA) is 84.1 Å². The van der Waals surface area contributed by atoms with E-state index in [9.17, 15) is 22.7 Å². The summed E-state index contributed by atoms with van der Waals surface area (Å²) in [6, 6.07) is 5.33. The SMILES string of the molecule is Cc1cc(-c2nnc(N[C@H]3C[C@](O)(CF)C3)o2)nc2c(C(C)(C)C)cc(CCC(F)(F)F)cc12. The van der Waals surface area contributed by atoms with E-state index in [0.717, 1.165) is 16.5 Å². The van der Waals surface area contributed by atoms with Gasteiger partial charge in [0.25, 0.3) is 5.89 Å². The fourth-order valence-electron chi connectivity index (χ4n) is 4.29. The van der Waals surface area contributed by atoms with Gasteiger partial charge in [0.1, 0.15) is 12.4 Å². The molecule has 4 rings (SSSR count). The Bertz CT molecular complexity index is 1190. The Balaban J connectivity index is 1.66. The van der Waals surface area contributed by atoms with Crippen LogP contribution >= 0.6 is 0 Å². The highest BCUT2D eigenvalue weighted by Crippen LogP contribution is 2.36. The maximum absolute atomic E-state index is 12.8. The third-order valence-electron chi connectivity index (χ3n) is 6.16. The van der Waals surface area contributed by atoms with Crippen molar-refractivity contribution >= 4 is 16.9 Å². The summed E-state index contributed by atoms with van der Waals surface area (Å²) < 4.78 is 56.9. The van der Waals surface area contributed by atoms with Gasteiger partial charge >= 0.3 is 12.2 Å². The normalized spacial score (nSPS) is 21.0. The van der Waals surface area contributed by atoms with Crippen molar-refractivity contribution in [3.8, 4) is 11.6 Å². The highest BCUT2D eigenvalue weighted by molar-refractivity contribution is 5.88. The second-order valence-corrected chi connectivity index (χ2v) is 10.2. The van der Waals surface area contributed by atoms with Gasteiger partial charge in [-0.05, 0) is 60.4 Å². The van der Waals surface area contributed by atoms with Crippen LogP contribution < -0.4 is 5.32 Å². The van der Waals surface area contributed by atoms with Crippen LogP contribution in [0.25, 0.3) is 22.5 Å². The number of anilines is 1. The maximum Gasteiger partial charge on any atom is 0.389 e. The van der Waals surface area contributed by atoms with Crippen molar-refractivity contribution < 1.29 is 27.1 Å². The lowest BCUT2D eigenvalue weighted by molar-refractivity contribution is -0.134. The van der Waals surface area contributed by atoms with Crippen LogP contribution in [0.3, 0.4) is 0 Å². The van der Waals surface area contributed by atoms with Crippen LogP contribution in [0.2, 0.25) is 0 Å². The Morgan fingerprint density at radius 1 is 1.15 bits per heavy atom. The lowest BCUT2D eigenvalue weighted by atomic mass is 9.77. The van der Waals surface area contributed by atoms with E-state index in [4.69, 9.17) is 9.40 Å². The van der Waals surface area contributed by atoms with Gasteiger partial charge in [0.05, 0.1) is 11.1 Å². The maximum atomic E-state index is 12.8. The van der Waals surface area contributed by atoms with E-state index >= 15 is 0 Å². The predicted molar refractivity (Wildman–Crippen MR) is 120 cm³/mol. The molecule has 0 saturated heterocycles. The molecule has 1 fully saturated rings. The van der Waals surface area contributed by atoms with Gasteiger partial charge in [0.2, 0.25) is 0 Å². The molecule has 0 bridgehead atoms. The zero-order valence-electron chi connectivity index (χ0n) is 19.6. The van der Waals surface area contributed by atoms with Crippen molar-refractivity contribution in [2.45, 2.75) is 76.6 Å². The zero-order chi connectivity index (χ0) is 24.9. The van der Waals surface area contributed by atoms with E-state index < -0.39 is 24.9 Å². The number of aromatic nitrogens is 3. The highest BCUT2D eigenvalue weighted by Gasteiger charge is 2.43. The third-order valence-corrected chi connectivity index (χ3v) is 6.16. The fraction of sp³-hybridized carbons (Fsp3) is 0.542. The van der Waals surface area contributed by atoms with Crippen LogP contribution in [-0.2, 0) is 11.8 Å². The Kier molecular flexibility index (Phi) is 6.08. The van der Waals surface area contributed by atoms with Crippen LogP contribution in [0.4, 0.5) is 23.6 Å². The minimum absolute atomic E-state index is 0.0961. The van der Waals surface area contributed by atoms with Crippen molar-refractivity contribution in [1.29, 1.82) is 0 Å². The number of halogens is 4. The van der Waals surface area contributed by atoms with Gasteiger partial charge in [-0.25, -0.2) is 9.37 Å². The molecule has 6 nitrogen and oxygen atoms in total. The molecular weight excluding hydrogens is 452 g/mol. The van der Waals surface area contributed by atoms with Gasteiger partial charge in [0.15, 0.2) is 0 Å². The van der Waals surface area contributed by atoms with E-state index in [1.807, 2.05) is 27.7 Å². The van der Waals surface area contributed by atoms with E-state index in [0.29, 0.717) is 16.8 Å². The molecule has 0 radical (unpaired) electrons. The molecule has 10 heteroatoms. The average molecular weight is 481 g/mol. The second kappa shape index (κ2) is 8.48. The molecular formula is C24H28F4N4O2. The number of pyridine rings is 1. The molecule has 2 N–H and O–H groups in total. The first kappa shape index (κ1) is 24.4. The van der Waals surface area contributed by atoms with Crippen LogP contribution in [0, 0.1) is 6.92 Å². The number of benzene rings is 1. The van der Waals surface area contributed by atoms with Crippen molar-refractivity contribution in [1.82, 2.24) is 15.2 Å². The van der Waals surface area contributed by atoms with Crippen molar-refractivity contribution in [2.75, 3.05) is 12.0 Å². The van der Waals surface area contributed by atoms with Gasteiger partial charge in [0, 0.05) is 17.8 Å². The van der Waals surface area contributed by atoms with Gasteiger partial charge in [-0.2, -0.15) is 13.2 Å². The number of nitrogens with one attached hydrogen (secondary N) is 1. The second-order valence-electron chi connectivity index (χ2n) is 10.2. The number of nitrogens with zero attached hydrogens (tertiary/aromatic N) is 3. The first-order valence-corrected chi connectivity index (χ1v) is 11.2.